The number of carbonyl (C=O) groups is 1. The maximum Gasteiger partial charge on any atom is 0.257 e. The van der Waals surface area contributed by atoms with Crippen molar-refractivity contribution in [1.82, 2.24) is 20.0 Å². The largest absolute Gasteiger partial charge is 0.367 e. The molecule has 4 rings (SSSR count). The van der Waals surface area contributed by atoms with E-state index in [0.29, 0.717) is 28.7 Å². The number of nitrogens with two attached hydrogens (primary N) is 2. The number of rotatable bonds is 3. The van der Waals surface area contributed by atoms with Gasteiger partial charge in [-0.05, 0) is 26.0 Å². The molecular weight excluding hydrogens is 401 g/mol. The number of halogens is 1. The summed E-state index contributed by atoms with van der Waals surface area (Å²) in [4.78, 5) is 24.1. The minimum Gasteiger partial charge on any atom is -0.367 e. The van der Waals surface area contributed by atoms with Crippen LogP contribution in [0.25, 0.3) is 11.0 Å². The van der Waals surface area contributed by atoms with Crippen LogP contribution >= 0.6 is 0 Å². The highest BCUT2D eigenvalue weighted by Crippen LogP contribution is 2.28. The second-order valence-electron chi connectivity index (χ2n) is 7.65. The molecule has 1 aromatic carbocycles. The number of hydrogen-bond donors (Lipinski definition) is 4. The number of carbonyl (C=O) groups excluding carboxylic acids is 1. The van der Waals surface area contributed by atoms with E-state index >= 15 is 0 Å². The number of aromatic nitrogens is 3. The molecule has 2 atom stereocenters. The Hall–Kier alpha value is -3.73. The molecule has 2 aromatic heterocycles. The van der Waals surface area contributed by atoms with Crippen LogP contribution in [0.1, 0.15) is 24.2 Å². The van der Waals surface area contributed by atoms with Crippen molar-refractivity contribution in [3.63, 3.8) is 0 Å². The van der Waals surface area contributed by atoms with Crippen LogP contribution in [0, 0.1) is 5.82 Å². The number of fused-ring (bicyclic) bond motifs is 1. The van der Waals surface area contributed by atoms with Gasteiger partial charge in [-0.15, -0.1) is 0 Å². The topological polar surface area (TPSA) is 139 Å². The van der Waals surface area contributed by atoms with Gasteiger partial charge in [0.1, 0.15) is 11.0 Å². The molecule has 1 aliphatic rings. The second kappa shape index (κ2) is 8.19. The number of amides is 1. The number of piperazine rings is 1. The summed E-state index contributed by atoms with van der Waals surface area (Å²) >= 11 is 0. The molecule has 1 aliphatic heterocycles. The first kappa shape index (κ1) is 20.5. The first-order valence-corrected chi connectivity index (χ1v) is 9.84. The number of benzene rings is 1. The fourth-order valence-electron chi connectivity index (χ4n) is 3.97. The Morgan fingerprint density at radius 1 is 1.23 bits per heavy atom. The van der Waals surface area contributed by atoms with E-state index < -0.39 is 11.7 Å². The molecule has 0 spiro atoms. The number of pyridine rings is 1. The van der Waals surface area contributed by atoms with E-state index in [0.717, 1.165) is 29.5 Å². The molecule has 162 valence electrons. The van der Waals surface area contributed by atoms with Crippen molar-refractivity contribution < 1.29 is 9.18 Å². The Balaban J connectivity index is 1.70. The molecule has 1 saturated heterocycles. The van der Waals surface area contributed by atoms with Crippen LogP contribution in [0.2, 0.25) is 0 Å². The summed E-state index contributed by atoms with van der Waals surface area (Å²) < 4.78 is 15.0. The standard InChI is InChI=1S/C20H24FN9O/c1-11-8-29(9-12(2)26-11)16-4-3-14(17-18(16)25-6-5-24-17)20(31)27-13-7-15(21)19(28-22)30(23)10-13/h3-7,10-12,26H,8-9,22-23H2,1-2H3,(H,27,31)/b28-19-. The zero-order chi connectivity index (χ0) is 22.1. The number of nitrogen functional groups attached to an aromatic ring is 1. The number of nitrogens with zero attached hydrogens (tertiary/aromatic N) is 5. The minimum absolute atomic E-state index is 0.156. The zero-order valence-corrected chi connectivity index (χ0v) is 17.2. The van der Waals surface area contributed by atoms with Crippen LogP contribution in [0.3, 0.4) is 0 Å². The van der Waals surface area contributed by atoms with Crippen LogP contribution in [0.4, 0.5) is 15.8 Å². The predicted molar refractivity (Wildman–Crippen MR) is 116 cm³/mol. The molecule has 0 aliphatic carbocycles. The van der Waals surface area contributed by atoms with Crippen molar-refractivity contribution in [2.24, 2.45) is 10.9 Å². The molecule has 0 saturated carbocycles. The summed E-state index contributed by atoms with van der Waals surface area (Å²) in [5.74, 6) is 9.58. The molecule has 10 nitrogen and oxygen atoms in total. The normalized spacial score (nSPS) is 19.6. The summed E-state index contributed by atoms with van der Waals surface area (Å²) in [6.07, 6.45) is 4.46. The molecule has 11 heteroatoms. The Morgan fingerprint density at radius 2 is 1.90 bits per heavy atom. The monoisotopic (exact) mass is 425 g/mol. The van der Waals surface area contributed by atoms with Crippen LogP contribution in [-0.2, 0) is 0 Å². The van der Waals surface area contributed by atoms with Gasteiger partial charge in [0.2, 0.25) is 5.49 Å². The van der Waals surface area contributed by atoms with Crippen LogP contribution in [0.5, 0.6) is 0 Å². The fourth-order valence-corrected chi connectivity index (χ4v) is 3.97. The zero-order valence-electron chi connectivity index (χ0n) is 17.2. The van der Waals surface area contributed by atoms with Gasteiger partial charge in [0, 0.05) is 43.6 Å². The third-order valence-electron chi connectivity index (χ3n) is 5.15. The molecular formula is C20H24FN9O. The molecule has 1 amide bonds. The van der Waals surface area contributed by atoms with E-state index in [9.17, 15) is 9.18 Å². The Labute approximate surface area is 177 Å². The number of anilines is 2. The van der Waals surface area contributed by atoms with Gasteiger partial charge in [-0.1, -0.05) is 0 Å². The van der Waals surface area contributed by atoms with Crippen LogP contribution in [-0.4, -0.2) is 45.7 Å². The molecule has 2 unspecified atom stereocenters. The van der Waals surface area contributed by atoms with Crippen molar-refractivity contribution in [3.05, 3.63) is 53.7 Å². The average molecular weight is 425 g/mol. The highest BCUT2D eigenvalue weighted by molar-refractivity contribution is 6.13. The summed E-state index contributed by atoms with van der Waals surface area (Å²) in [6.45, 7) is 5.89. The van der Waals surface area contributed by atoms with Gasteiger partial charge in [0.15, 0.2) is 5.82 Å². The lowest BCUT2D eigenvalue weighted by molar-refractivity contribution is 0.102. The molecule has 0 bridgehead atoms. The minimum atomic E-state index is -0.759. The first-order valence-electron chi connectivity index (χ1n) is 9.84. The van der Waals surface area contributed by atoms with Gasteiger partial charge >= 0.3 is 0 Å². The summed E-state index contributed by atoms with van der Waals surface area (Å²) in [5.41, 5.74) is 2.25. The molecule has 6 N–H and O–H groups in total. The average Bonchev–Trinajstić information content (AvgIpc) is 2.72. The fraction of sp³-hybridized carbons (Fsp3) is 0.300. The van der Waals surface area contributed by atoms with Crippen molar-refractivity contribution in [2.45, 2.75) is 25.9 Å². The van der Waals surface area contributed by atoms with Gasteiger partial charge in [0.25, 0.3) is 5.91 Å². The number of nitrogens with one attached hydrogen (secondary N) is 2. The van der Waals surface area contributed by atoms with Crippen molar-refractivity contribution >= 4 is 28.3 Å². The van der Waals surface area contributed by atoms with E-state index in [1.165, 1.54) is 12.4 Å². The van der Waals surface area contributed by atoms with Gasteiger partial charge in [-0.25, -0.2) is 9.07 Å². The van der Waals surface area contributed by atoms with E-state index in [4.69, 9.17) is 11.7 Å². The second-order valence-corrected chi connectivity index (χ2v) is 7.65. The third-order valence-corrected chi connectivity index (χ3v) is 5.15. The van der Waals surface area contributed by atoms with Crippen molar-refractivity contribution in [3.8, 4) is 0 Å². The molecule has 3 heterocycles. The Morgan fingerprint density at radius 3 is 2.55 bits per heavy atom. The molecule has 31 heavy (non-hydrogen) atoms. The lowest BCUT2D eigenvalue weighted by atomic mass is 10.1. The first-order chi connectivity index (χ1) is 14.9. The highest BCUT2D eigenvalue weighted by atomic mass is 19.1. The van der Waals surface area contributed by atoms with Gasteiger partial charge in [-0.3, -0.25) is 14.8 Å². The maximum atomic E-state index is 14.1. The summed E-state index contributed by atoms with van der Waals surface area (Å²) in [5, 5.41) is 9.42. The highest BCUT2D eigenvalue weighted by Gasteiger charge is 2.24. The van der Waals surface area contributed by atoms with E-state index in [1.54, 1.807) is 12.3 Å². The quantitative estimate of drug-likeness (QED) is 0.354. The third kappa shape index (κ3) is 3.99. The van der Waals surface area contributed by atoms with Crippen LogP contribution in [0.15, 0.2) is 41.9 Å². The predicted octanol–water partition coefficient (Wildman–Crippen LogP) is 0.498. The van der Waals surface area contributed by atoms with E-state index in [2.05, 4.69) is 44.5 Å². The van der Waals surface area contributed by atoms with Gasteiger partial charge in [0.05, 0.1) is 23.1 Å². The summed E-state index contributed by atoms with van der Waals surface area (Å²) in [6, 6.07) is 5.31. The molecule has 3 aromatic rings. The van der Waals surface area contributed by atoms with E-state index in [1.807, 2.05) is 6.07 Å². The Bertz CT molecular complexity index is 1170. The van der Waals surface area contributed by atoms with Crippen molar-refractivity contribution in [2.75, 3.05) is 29.1 Å². The van der Waals surface area contributed by atoms with E-state index in [-0.39, 0.29) is 11.2 Å². The van der Waals surface area contributed by atoms with Gasteiger partial charge < -0.3 is 27.2 Å². The lowest BCUT2D eigenvalue weighted by Crippen LogP contribution is -2.54. The van der Waals surface area contributed by atoms with Gasteiger partial charge in [-0.2, -0.15) is 5.10 Å². The smallest absolute Gasteiger partial charge is 0.257 e. The van der Waals surface area contributed by atoms with Crippen LogP contribution < -0.4 is 32.7 Å². The number of hydrogen-bond acceptors (Lipinski definition) is 8. The summed E-state index contributed by atoms with van der Waals surface area (Å²) in [7, 11) is 0. The van der Waals surface area contributed by atoms with Crippen molar-refractivity contribution in [1.29, 1.82) is 0 Å². The molecule has 0 radical (unpaired) electrons. The Kier molecular flexibility index (Phi) is 5.42. The molecule has 1 fully saturated rings. The lowest BCUT2D eigenvalue weighted by Gasteiger charge is -2.38. The SMILES string of the molecule is CC1CN(c2ccc(C(=O)Nc3cc(F)/c(=N/N)n(N)c3)c3nccnc23)CC(C)N1. The maximum absolute atomic E-state index is 14.1.